The number of amides is 1. The zero-order valence-electron chi connectivity index (χ0n) is 8.49. The molecule has 1 rings (SSSR count). The molecular weight excluding hydrogens is 184 g/mol. The summed E-state index contributed by atoms with van der Waals surface area (Å²) >= 11 is 0. The van der Waals surface area contributed by atoms with Crippen LogP contribution in [-0.2, 0) is 9.59 Å². The summed E-state index contributed by atoms with van der Waals surface area (Å²) in [7, 11) is 0. The molecule has 0 aromatic carbocycles. The quantitative estimate of drug-likeness (QED) is 0.646. The van der Waals surface area contributed by atoms with Gasteiger partial charge in [0.15, 0.2) is 0 Å². The number of likely N-dealkylation sites (tertiary alicyclic amines) is 1. The van der Waals surface area contributed by atoms with Crippen molar-refractivity contribution in [1.82, 2.24) is 4.90 Å². The van der Waals surface area contributed by atoms with E-state index in [1.54, 1.807) is 13.8 Å². The molecule has 1 amide bonds. The Bertz CT molecular complexity index is 265. The Morgan fingerprint density at radius 2 is 2.14 bits per heavy atom. The molecule has 1 unspecified atom stereocenters. The molecule has 0 aromatic heterocycles. The molecule has 3 N–H and O–H groups in total. The zero-order valence-corrected chi connectivity index (χ0v) is 8.49. The number of nitrogens with zero attached hydrogens (tertiary/aromatic N) is 1. The fraction of sp³-hybridized carbons (Fsp3) is 0.778. The van der Waals surface area contributed by atoms with E-state index in [0.29, 0.717) is 13.0 Å². The lowest BCUT2D eigenvalue weighted by atomic mass is 9.99. The summed E-state index contributed by atoms with van der Waals surface area (Å²) in [5.74, 6) is -1.24. The number of hydrogen-bond donors (Lipinski definition) is 2. The highest BCUT2D eigenvalue weighted by Crippen LogP contribution is 2.29. The SMILES string of the molecule is C[C@H](N)C(=O)N1CCCC1(C)C(=O)O. The molecule has 0 aromatic rings. The first-order chi connectivity index (χ1) is 6.39. The van der Waals surface area contributed by atoms with Crippen LogP contribution in [0.1, 0.15) is 26.7 Å². The topological polar surface area (TPSA) is 83.6 Å². The number of nitrogens with two attached hydrogens (primary N) is 1. The van der Waals surface area contributed by atoms with Gasteiger partial charge in [-0.2, -0.15) is 0 Å². The fourth-order valence-electron chi connectivity index (χ4n) is 1.78. The molecule has 1 fully saturated rings. The number of carbonyl (C=O) groups is 2. The minimum atomic E-state index is -1.06. The second-order valence-corrected chi connectivity index (χ2v) is 3.96. The van der Waals surface area contributed by atoms with Crippen molar-refractivity contribution in [3.05, 3.63) is 0 Å². The lowest BCUT2D eigenvalue weighted by Gasteiger charge is -2.32. The molecule has 0 radical (unpaired) electrons. The van der Waals surface area contributed by atoms with Gasteiger partial charge in [-0.3, -0.25) is 4.79 Å². The highest BCUT2D eigenvalue weighted by atomic mass is 16.4. The fourth-order valence-corrected chi connectivity index (χ4v) is 1.78. The number of carbonyl (C=O) groups excluding carboxylic acids is 1. The van der Waals surface area contributed by atoms with E-state index in [2.05, 4.69) is 0 Å². The van der Waals surface area contributed by atoms with E-state index in [1.807, 2.05) is 0 Å². The number of rotatable bonds is 2. The molecule has 1 saturated heterocycles. The molecule has 0 aliphatic carbocycles. The van der Waals surface area contributed by atoms with Crippen LogP contribution in [0.3, 0.4) is 0 Å². The van der Waals surface area contributed by atoms with Gasteiger partial charge in [-0.25, -0.2) is 4.79 Å². The maximum Gasteiger partial charge on any atom is 0.329 e. The molecule has 5 heteroatoms. The van der Waals surface area contributed by atoms with Crippen LogP contribution in [0.25, 0.3) is 0 Å². The molecule has 0 spiro atoms. The van der Waals surface area contributed by atoms with Crippen LogP contribution in [-0.4, -0.2) is 40.0 Å². The second-order valence-electron chi connectivity index (χ2n) is 3.96. The standard InChI is InChI=1S/C9H16N2O3/c1-6(10)7(12)11-5-3-4-9(11,2)8(13)14/h6H,3-5,10H2,1-2H3,(H,13,14)/t6-,9?/m0/s1. The summed E-state index contributed by atoms with van der Waals surface area (Å²) in [5.41, 5.74) is 4.39. The van der Waals surface area contributed by atoms with Crippen LogP contribution in [0.4, 0.5) is 0 Å². The van der Waals surface area contributed by atoms with Crippen LogP contribution < -0.4 is 5.73 Å². The third-order valence-corrected chi connectivity index (χ3v) is 2.76. The van der Waals surface area contributed by atoms with Gasteiger partial charge in [-0.1, -0.05) is 0 Å². The Balaban J connectivity index is 2.89. The Hall–Kier alpha value is -1.10. The largest absolute Gasteiger partial charge is 0.480 e. The van der Waals surface area contributed by atoms with Crippen molar-refractivity contribution in [3.63, 3.8) is 0 Å². The smallest absolute Gasteiger partial charge is 0.329 e. The lowest BCUT2D eigenvalue weighted by Crippen LogP contribution is -2.54. The molecule has 1 heterocycles. The van der Waals surface area contributed by atoms with Gasteiger partial charge < -0.3 is 15.7 Å². The van der Waals surface area contributed by atoms with Gasteiger partial charge in [0.25, 0.3) is 0 Å². The maximum absolute atomic E-state index is 11.6. The Morgan fingerprint density at radius 1 is 1.57 bits per heavy atom. The van der Waals surface area contributed by atoms with Crippen LogP contribution >= 0.6 is 0 Å². The Kier molecular flexibility index (Phi) is 2.80. The Labute approximate surface area is 82.9 Å². The van der Waals surface area contributed by atoms with Crippen molar-refractivity contribution in [3.8, 4) is 0 Å². The van der Waals surface area contributed by atoms with E-state index in [1.165, 1.54) is 4.90 Å². The van der Waals surface area contributed by atoms with Gasteiger partial charge in [-0.15, -0.1) is 0 Å². The molecule has 2 atom stereocenters. The minimum Gasteiger partial charge on any atom is -0.480 e. The van der Waals surface area contributed by atoms with E-state index >= 15 is 0 Å². The van der Waals surface area contributed by atoms with Crippen molar-refractivity contribution in [2.45, 2.75) is 38.3 Å². The monoisotopic (exact) mass is 200 g/mol. The number of carboxylic acid groups (broad SMARTS) is 1. The summed E-state index contributed by atoms with van der Waals surface area (Å²) in [6.07, 6.45) is 1.22. The molecule has 1 aliphatic heterocycles. The van der Waals surface area contributed by atoms with Gasteiger partial charge >= 0.3 is 5.97 Å². The zero-order chi connectivity index (χ0) is 10.9. The lowest BCUT2D eigenvalue weighted by molar-refractivity contribution is -0.155. The van der Waals surface area contributed by atoms with Crippen LogP contribution in [0.5, 0.6) is 0 Å². The van der Waals surface area contributed by atoms with Gasteiger partial charge in [-0.05, 0) is 26.7 Å². The van der Waals surface area contributed by atoms with Crippen LogP contribution in [0, 0.1) is 0 Å². The highest BCUT2D eigenvalue weighted by molar-refractivity contribution is 5.89. The molecular formula is C9H16N2O3. The summed E-state index contributed by atoms with van der Waals surface area (Å²) in [6.45, 7) is 3.63. The highest BCUT2D eigenvalue weighted by Gasteiger charge is 2.46. The average molecular weight is 200 g/mol. The first-order valence-electron chi connectivity index (χ1n) is 4.70. The van der Waals surface area contributed by atoms with Gasteiger partial charge in [0.05, 0.1) is 6.04 Å². The predicted octanol–water partition coefficient (Wildman–Crippen LogP) is -0.201. The molecule has 5 nitrogen and oxygen atoms in total. The van der Waals surface area contributed by atoms with Gasteiger partial charge in [0, 0.05) is 6.54 Å². The number of hydrogen-bond acceptors (Lipinski definition) is 3. The van der Waals surface area contributed by atoms with E-state index in [9.17, 15) is 9.59 Å². The maximum atomic E-state index is 11.6. The molecule has 14 heavy (non-hydrogen) atoms. The van der Waals surface area contributed by atoms with Crippen molar-refractivity contribution >= 4 is 11.9 Å². The minimum absolute atomic E-state index is 0.285. The third kappa shape index (κ3) is 1.59. The van der Waals surface area contributed by atoms with Crippen molar-refractivity contribution in [1.29, 1.82) is 0 Å². The number of carboxylic acids is 1. The summed E-state index contributed by atoms with van der Waals surface area (Å²) < 4.78 is 0. The summed E-state index contributed by atoms with van der Waals surface area (Å²) in [4.78, 5) is 24.0. The van der Waals surface area contributed by atoms with Crippen molar-refractivity contribution < 1.29 is 14.7 Å². The van der Waals surface area contributed by atoms with E-state index in [-0.39, 0.29) is 5.91 Å². The normalized spacial score (nSPS) is 28.9. The summed E-state index contributed by atoms with van der Waals surface area (Å²) in [5, 5.41) is 9.04. The van der Waals surface area contributed by atoms with Crippen LogP contribution in [0.2, 0.25) is 0 Å². The van der Waals surface area contributed by atoms with Gasteiger partial charge in [0.2, 0.25) is 5.91 Å². The molecule has 1 aliphatic rings. The molecule has 80 valence electrons. The van der Waals surface area contributed by atoms with E-state index < -0.39 is 17.6 Å². The van der Waals surface area contributed by atoms with Crippen molar-refractivity contribution in [2.24, 2.45) is 5.73 Å². The van der Waals surface area contributed by atoms with E-state index in [4.69, 9.17) is 10.8 Å². The van der Waals surface area contributed by atoms with Crippen molar-refractivity contribution in [2.75, 3.05) is 6.54 Å². The molecule has 0 saturated carbocycles. The second kappa shape index (κ2) is 3.57. The van der Waals surface area contributed by atoms with E-state index in [0.717, 1.165) is 6.42 Å². The first kappa shape index (κ1) is 11.0. The average Bonchev–Trinajstić information content (AvgIpc) is 2.47. The molecule has 0 bridgehead atoms. The van der Waals surface area contributed by atoms with Gasteiger partial charge in [0.1, 0.15) is 5.54 Å². The number of aliphatic carboxylic acids is 1. The predicted molar refractivity (Wildman–Crippen MR) is 50.6 cm³/mol. The summed E-state index contributed by atoms with van der Waals surface area (Å²) in [6, 6.07) is -0.633. The third-order valence-electron chi connectivity index (χ3n) is 2.76. The Morgan fingerprint density at radius 3 is 2.57 bits per heavy atom. The first-order valence-corrected chi connectivity index (χ1v) is 4.70. The van der Waals surface area contributed by atoms with Crippen LogP contribution in [0.15, 0.2) is 0 Å².